The van der Waals surface area contributed by atoms with Gasteiger partial charge in [-0.05, 0) is 48.8 Å². The zero-order chi connectivity index (χ0) is 10.7. The van der Waals surface area contributed by atoms with Gasteiger partial charge in [0.1, 0.15) is 0 Å². The summed E-state index contributed by atoms with van der Waals surface area (Å²) < 4.78 is 0. The predicted molar refractivity (Wildman–Crippen MR) is 68.2 cm³/mol. The van der Waals surface area contributed by atoms with E-state index in [0.717, 1.165) is 12.8 Å². The molecule has 0 amide bonds. The van der Waals surface area contributed by atoms with Gasteiger partial charge in [0, 0.05) is 6.42 Å². The van der Waals surface area contributed by atoms with Crippen molar-refractivity contribution in [2.24, 2.45) is 5.73 Å². The summed E-state index contributed by atoms with van der Waals surface area (Å²) >= 11 is 4.89. The van der Waals surface area contributed by atoms with E-state index in [9.17, 15) is 0 Å². The highest BCUT2D eigenvalue weighted by molar-refractivity contribution is 7.80. The molecule has 0 bridgehead atoms. The first-order valence-corrected chi connectivity index (χ1v) is 6.05. The van der Waals surface area contributed by atoms with Crippen LogP contribution in [0.2, 0.25) is 0 Å². The van der Waals surface area contributed by atoms with E-state index in [-0.39, 0.29) is 0 Å². The van der Waals surface area contributed by atoms with Crippen molar-refractivity contribution < 1.29 is 0 Å². The lowest BCUT2D eigenvalue weighted by atomic mass is 9.90. The van der Waals surface area contributed by atoms with Gasteiger partial charge in [0.05, 0.1) is 4.99 Å². The fraction of sp³-hybridized carbons (Fsp3) is 0.462. The molecule has 0 saturated heterocycles. The summed E-state index contributed by atoms with van der Waals surface area (Å²) in [6.07, 6.45) is 7.00. The third-order valence-electron chi connectivity index (χ3n) is 3.07. The van der Waals surface area contributed by atoms with Crippen molar-refractivity contribution in [2.45, 2.75) is 38.5 Å². The molecule has 1 aromatic carbocycles. The highest BCUT2D eigenvalue weighted by Gasteiger charge is 2.09. The van der Waals surface area contributed by atoms with Crippen LogP contribution in [0.3, 0.4) is 0 Å². The summed E-state index contributed by atoms with van der Waals surface area (Å²) in [6, 6.07) is 6.85. The maximum atomic E-state index is 5.51. The third-order valence-corrected chi connectivity index (χ3v) is 3.28. The molecule has 0 atom stereocenters. The fourth-order valence-corrected chi connectivity index (χ4v) is 2.31. The van der Waals surface area contributed by atoms with Crippen LogP contribution in [-0.4, -0.2) is 4.99 Å². The standard InChI is InChI=1S/C13H17NS/c14-13(15)8-6-10-5-7-11-3-1-2-4-12(11)9-10/h5,7,9H,1-4,6,8H2,(H2,14,15). The van der Waals surface area contributed by atoms with Crippen molar-refractivity contribution in [3.8, 4) is 0 Å². The average molecular weight is 219 g/mol. The Hall–Kier alpha value is -0.890. The SMILES string of the molecule is NC(=S)CCc1ccc2c(c1)CCCC2. The van der Waals surface area contributed by atoms with Crippen molar-refractivity contribution >= 4 is 17.2 Å². The fourth-order valence-electron chi connectivity index (χ4n) is 2.21. The number of thiocarbonyl (C=S) groups is 1. The van der Waals surface area contributed by atoms with E-state index in [4.69, 9.17) is 18.0 Å². The lowest BCUT2D eigenvalue weighted by Gasteiger charge is -2.16. The van der Waals surface area contributed by atoms with Crippen LogP contribution in [0.1, 0.15) is 36.0 Å². The van der Waals surface area contributed by atoms with Crippen molar-refractivity contribution in [2.75, 3.05) is 0 Å². The lowest BCUT2D eigenvalue weighted by molar-refractivity contribution is 0.684. The van der Waals surface area contributed by atoms with Crippen LogP contribution < -0.4 is 5.73 Å². The van der Waals surface area contributed by atoms with Gasteiger partial charge < -0.3 is 5.73 Å². The van der Waals surface area contributed by atoms with Gasteiger partial charge >= 0.3 is 0 Å². The number of aryl methyl sites for hydroxylation is 3. The van der Waals surface area contributed by atoms with Crippen molar-refractivity contribution in [1.82, 2.24) is 0 Å². The van der Waals surface area contributed by atoms with Crippen LogP contribution >= 0.6 is 12.2 Å². The summed E-state index contributed by atoms with van der Waals surface area (Å²) in [4.78, 5) is 0.618. The molecular weight excluding hydrogens is 202 g/mol. The largest absolute Gasteiger partial charge is 0.393 e. The van der Waals surface area contributed by atoms with E-state index in [2.05, 4.69) is 18.2 Å². The minimum Gasteiger partial charge on any atom is -0.393 e. The van der Waals surface area contributed by atoms with Gasteiger partial charge in [-0.15, -0.1) is 0 Å². The van der Waals surface area contributed by atoms with Crippen molar-refractivity contribution in [1.29, 1.82) is 0 Å². The molecule has 0 heterocycles. The molecule has 2 heteroatoms. The third kappa shape index (κ3) is 2.78. The molecule has 0 radical (unpaired) electrons. The van der Waals surface area contributed by atoms with Gasteiger partial charge in [0.15, 0.2) is 0 Å². The second-order valence-corrected chi connectivity index (χ2v) is 4.80. The maximum absolute atomic E-state index is 5.51. The minimum atomic E-state index is 0.618. The Bertz CT molecular complexity index is 371. The van der Waals surface area contributed by atoms with Gasteiger partial charge in [-0.3, -0.25) is 0 Å². The molecule has 0 unspecified atom stereocenters. The van der Waals surface area contributed by atoms with E-state index < -0.39 is 0 Å². The number of benzene rings is 1. The first-order chi connectivity index (χ1) is 7.25. The van der Waals surface area contributed by atoms with Crippen LogP contribution in [0.4, 0.5) is 0 Å². The molecule has 15 heavy (non-hydrogen) atoms. The average Bonchev–Trinajstić information content (AvgIpc) is 2.26. The van der Waals surface area contributed by atoms with Gasteiger partial charge in [-0.25, -0.2) is 0 Å². The summed E-state index contributed by atoms with van der Waals surface area (Å²) in [5.41, 5.74) is 9.97. The molecule has 0 fully saturated rings. The zero-order valence-electron chi connectivity index (χ0n) is 8.96. The van der Waals surface area contributed by atoms with Gasteiger partial charge in [-0.2, -0.15) is 0 Å². The van der Waals surface area contributed by atoms with Crippen LogP contribution in [0.25, 0.3) is 0 Å². The molecule has 0 aromatic heterocycles. The molecule has 1 aliphatic carbocycles. The van der Waals surface area contributed by atoms with E-state index in [1.165, 1.54) is 31.2 Å². The first-order valence-electron chi connectivity index (χ1n) is 5.65. The number of hydrogen-bond donors (Lipinski definition) is 1. The molecular formula is C13H17NS. The van der Waals surface area contributed by atoms with Crippen molar-refractivity contribution in [3.63, 3.8) is 0 Å². The van der Waals surface area contributed by atoms with Crippen LogP contribution in [0.5, 0.6) is 0 Å². The van der Waals surface area contributed by atoms with Crippen LogP contribution in [-0.2, 0) is 19.3 Å². The van der Waals surface area contributed by atoms with Gasteiger partial charge in [0.2, 0.25) is 0 Å². The van der Waals surface area contributed by atoms with Crippen LogP contribution in [0, 0.1) is 0 Å². The van der Waals surface area contributed by atoms with E-state index in [1.54, 1.807) is 11.1 Å². The Balaban J connectivity index is 2.10. The molecule has 1 nitrogen and oxygen atoms in total. The summed E-state index contributed by atoms with van der Waals surface area (Å²) in [7, 11) is 0. The van der Waals surface area contributed by atoms with Crippen molar-refractivity contribution in [3.05, 3.63) is 34.9 Å². The molecule has 0 aliphatic heterocycles. The minimum absolute atomic E-state index is 0.618. The number of nitrogens with two attached hydrogens (primary N) is 1. The molecule has 80 valence electrons. The molecule has 1 aliphatic rings. The van der Waals surface area contributed by atoms with E-state index in [0.29, 0.717) is 4.99 Å². The summed E-state index contributed by atoms with van der Waals surface area (Å²) in [5.74, 6) is 0. The number of rotatable bonds is 3. The Morgan fingerprint density at radius 1 is 1.20 bits per heavy atom. The number of fused-ring (bicyclic) bond motifs is 1. The Morgan fingerprint density at radius 2 is 1.93 bits per heavy atom. The quantitative estimate of drug-likeness (QED) is 0.791. The summed E-state index contributed by atoms with van der Waals surface area (Å²) in [5, 5.41) is 0. The highest BCUT2D eigenvalue weighted by Crippen LogP contribution is 2.22. The lowest BCUT2D eigenvalue weighted by Crippen LogP contribution is -2.09. The Kier molecular flexibility index (Phi) is 3.37. The predicted octanol–water partition coefficient (Wildman–Crippen LogP) is 2.78. The zero-order valence-corrected chi connectivity index (χ0v) is 9.78. The first kappa shape index (κ1) is 10.6. The van der Waals surface area contributed by atoms with E-state index in [1.807, 2.05) is 0 Å². The molecule has 0 spiro atoms. The maximum Gasteiger partial charge on any atom is 0.0730 e. The second kappa shape index (κ2) is 4.75. The molecule has 1 aromatic rings. The normalized spacial score (nSPS) is 14.7. The van der Waals surface area contributed by atoms with Crippen LogP contribution in [0.15, 0.2) is 18.2 Å². The molecule has 0 saturated carbocycles. The van der Waals surface area contributed by atoms with E-state index >= 15 is 0 Å². The smallest absolute Gasteiger partial charge is 0.0730 e. The number of hydrogen-bond acceptors (Lipinski definition) is 1. The highest BCUT2D eigenvalue weighted by atomic mass is 32.1. The van der Waals surface area contributed by atoms with Gasteiger partial charge in [0.25, 0.3) is 0 Å². The summed E-state index contributed by atoms with van der Waals surface area (Å²) in [6.45, 7) is 0. The van der Waals surface area contributed by atoms with Gasteiger partial charge in [-0.1, -0.05) is 30.4 Å². The monoisotopic (exact) mass is 219 g/mol. The second-order valence-electron chi connectivity index (χ2n) is 4.28. The molecule has 2 rings (SSSR count). The molecule has 2 N–H and O–H groups in total. The topological polar surface area (TPSA) is 26.0 Å². The Labute approximate surface area is 96.7 Å². The Morgan fingerprint density at radius 3 is 2.67 bits per heavy atom.